The third kappa shape index (κ3) is 3.76. The second-order valence-corrected chi connectivity index (χ2v) is 4.68. The van der Waals surface area contributed by atoms with Gasteiger partial charge in [-0.1, -0.05) is 19.8 Å². The number of nitrogens with one attached hydrogen (secondary N) is 1. The first-order chi connectivity index (χ1) is 7.61. The van der Waals surface area contributed by atoms with Gasteiger partial charge in [-0.25, -0.2) is 0 Å². The highest BCUT2D eigenvalue weighted by Crippen LogP contribution is 2.30. The molecule has 0 radical (unpaired) electrons. The summed E-state index contributed by atoms with van der Waals surface area (Å²) in [7, 11) is 1.40. The number of unbranched alkanes of at least 4 members (excludes halogenated alkanes) is 1. The Morgan fingerprint density at radius 2 is 2.25 bits per heavy atom. The molecule has 0 amide bonds. The number of rotatable bonds is 7. The summed E-state index contributed by atoms with van der Waals surface area (Å²) in [5.74, 6) is -0.226. The van der Waals surface area contributed by atoms with Gasteiger partial charge in [-0.05, 0) is 25.7 Å². The van der Waals surface area contributed by atoms with E-state index in [2.05, 4.69) is 12.2 Å². The Labute approximate surface area is 97.4 Å². The van der Waals surface area contributed by atoms with Crippen LogP contribution in [0.3, 0.4) is 0 Å². The Kier molecular flexibility index (Phi) is 5.22. The van der Waals surface area contributed by atoms with E-state index in [1.54, 1.807) is 0 Å². The Morgan fingerprint density at radius 1 is 1.56 bits per heavy atom. The predicted octanol–water partition coefficient (Wildman–Crippen LogP) is 1.22. The number of hydrogen-bond donors (Lipinski definition) is 2. The Hall–Kier alpha value is -0.610. The van der Waals surface area contributed by atoms with Gasteiger partial charge >= 0.3 is 5.97 Å². The van der Waals surface area contributed by atoms with E-state index < -0.39 is 5.60 Å². The van der Waals surface area contributed by atoms with Crippen LogP contribution in [-0.2, 0) is 9.53 Å². The molecular weight excluding hydrogens is 206 g/mol. The van der Waals surface area contributed by atoms with Crippen LogP contribution in [0.5, 0.6) is 0 Å². The van der Waals surface area contributed by atoms with Crippen molar-refractivity contribution in [3.8, 4) is 0 Å². The highest BCUT2D eigenvalue weighted by atomic mass is 16.5. The molecule has 1 saturated carbocycles. The summed E-state index contributed by atoms with van der Waals surface area (Å²) in [6.07, 6.45) is 5.57. The fourth-order valence-electron chi connectivity index (χ4n) is 1.93. The molecule has 1 unspecified atom stereocenters. The molecule has 1 aliphatic carbocycles. The topological polar surface area (TPSA) is 58.6 Å². The molecule has 4 heteroatoms. The van der Waals surface area contributed by atoms with Crippen LogP contribution >= 0.6 is 0 Å². The maximum Gasteiger partial charge on any atom is 0.322 e. The molecule has 1 rings (SSSR count). The number of carbonyl (C=O) groups excluding carboxylic acids is 1. The smallest absolute Gasteiger partial charge is 0.322 e. The minimum absolute atomic E-state index is 0.226. The van der Waals surface area contributed by atoms with E-state index in [-0.39, 0.29) is 12.0 Å². The van der Waals surface area contributed by atoms with Gasteiger partial charge in [0.05, 0.1) is 12.7 Å². The van der Waals surface area contributed by atoms with Crippen molar-refractivity contribution in [3.63, 3.8) is 0 Å². The van der Waals surface area contributed by atoms with Crippen molar-refractivity contribution in [2.75, 3.05) is 13.7 Å². The molecule has 0 aromatic carbocycles. The maximum atomic E-state index is 11.5. The minimum atomic E-state index is -0.585. The van der Waals surface area contributed by atoms with Crippen molar-refractivity contribution in [2.45, 2.75) is 57.1 Å². The molecule has 94 valence electrons. The number of esters is 1. The Balaban J connectivity index is 2.33. The summed E-state index contributed by atoms with van der Waals surface area (Å²) in [6, 6.07) is -0.269. The van der Waals surface area contributed by atoms with Crippen molar-refractivity contribution in [1.29, 1.82) is 0 Å². The summed E-state index contributed by atoms with van der Waals surface area (Å²) < 4.78 is 4.74. The normalized spacial score (nSPS) is 19.9. The summed E-state index contributed by atoms with van der Waals surface area (Å²) in [5, 5.41) is 13.0. The molecule has 0 aliphatic heterocycles. The van der Waals surface area contributed by atoms with Crippen LogP contribution in [-0.4, -0.2) is 36.4 Å². The summed E-state index contributed by atoms with van der Waals surface area (Å²) in [5.41, 5.74) is -0.585. The van der Waals surface area contributed by atoms with Gasteiger partial charge in [0.15, 0.2) is 0 Å². The van der Waals surface area contributed by atoms with Crippen LogP contribution in [0.15, 0.2) is 0 Å². The molecule has 4 nitrogen and oxygen atoms in total. The van der Waals surface area contributed by atoms with Crippen LogP contribution in [0.25, 0.3) is 0 Å². The zero-order chi connectivity index (χ0) is 12.0. The van der Waals surface area contributed by atoms with Crippen molar-refractivity contribution < 1.29 is 14.6 Å². The molecule has 0 aromatic heterocycles. The largest absolute Gasteiger partial charge is 0.468 e. The van der Waals surface area contributed by atoms with E-state index in [0.717, 1.165) is 38.5 Å². The molecule has 2 N–H and O–H groups in total. The SMILES string of the molecule is CCCCC(NCC1(O)CCC1)C(=O)OC. The van der Waals surface area contributed by atoms with Crippen LogP contribution in [0.1, 0.15) is 45.4 Å². The first-order valence-corrected chi connectivity index (χ1v) is 6.15. The number of methoxy groups -OCH3 is 1. The highest BCUT2D eigenvalue weighted by molar-refractivity contribution is 5.75. The molecule has 1 fully saturated rings. The van der Waals surface area contributed by atoms with Gasteiger partial charge in [-0.15, -0.1) is 0 Å². The Morgan fingerprint density at radius 3 is 2.69 bits per heavy atom. The lowest BCUT2D eigenvalue weighted by Crippen LogP contribution is -2.51. The molecule has 0 bridgehead atoms. The molecule has 0 saturated heterocycles. The predicted molar refractivity (Wildman–Crippen MR) is 62.1 cm³/mol. The van der Waals surface area contributed by atoms with Gasteiger partial charge in [-0.3, -0.25) is 4.79 Å². The van der Waals surface area contributed by atoms with Gasteiger partial charge in [0.25, 0.3) is 0 Å². The lowest BCUT2D eigenvalue weighted by Gasteiger charge is -2.37. The lowest BCUT2D eigenvalue weighted by molar-refractivity contribution is -0.143. The molecule has 0 aromatic rings. The summed E-state index contributed by atoms with van der Waals surface area (Å²) >= 11 is 0. The van der Waals surface area contributed by atoms with E-state index in [0.29, 0.717) is 6.54 Å². The van der Waals surface area contributed by atoms with Crippen molar-refractivity contribution >= 4 is 5.97 Å². The minimum Gasteiger partial charge on any atom is -0.468 e. The second-order valence-electron chi connectivity index (χ2n) is 4.68. The van der Waals surface area contributed by atoms with Gasteiger partial charge in [-0.2, -0.15) is 0 Å². The quantitative estimate of drug-likeness (QED) is 0.645. The third-order valence-electron chi connectivity index (χ3n) is 3.29. The number of carbonyl (C=O) groups is 1. The third-order valence-corrected chi connectivity index (χ3v) is 3.29. The number of ether oxygens (including phenoxy) is 1. The lowest BCUT2D eigenvalue weighted by atomic mass is 9.80. The van der Waals surface area contributed by atoms with E-state index in [1.165, 1.54) is 7.11 Å². The van der Waals surface area contributed by atoms with Crippen molar-refractivity contribution in [3.05, 3.63) is 0 Å². The van der Waals surface area contributed by atoms with Crippen LogP contribution in [0.4, 0.5) is 0 Å². The fraction of sp³-hybridized carbons (Fsp3) is 0.917. The molecule has 16 heavy (non-hydrogen) atoms. The highest BCUT2D eigenvalue weighted by Gasteiger charge is 2.35. The number of aliphatic hydroxyl groups is 1. The second kappa shape index (κ2) is 6.21. The van der Waals surface area contributed by atoms with E-state index >= 15 is 0 Å². The maximum absolute atomic E-state index is 11.5. The molecular formula is C12H23NO3. The molecule has 1 aliphatic rings. The first kappa shape index (κ1) is 13.5. The van der Waals surface area contributed by atoms with Crippen LogP contribution < -0.4 is 5.32 Å². The molecule has 0 spiro atoms. The zero-order valence-electron chi connectivity index (χ0n) is 10.3. The van der Waals surface area contributed by atoms with Crippen molar-refractivity contribution in [1.82, 2.24) is 5.32 Å². The van der Waals surface area contributed by atoms with Gasteiger partial charge in [0, 0.05) is 6.54 Å². The van der Waals surface area contributed by atoms with Crippen molar-refractivity contribution in [2.24, 2.45) is 0 Å². The zero-order valence-corrected chi connectivity index (χ0v) is 10.3. The van der Waals surface area contributed by atoms with Gasteiger partial charge < -0.3 is 15.2 Å². The fourth-order valence-corrected chi connectivity index (χ4v) is 1.93. The van der Waals surface area contributed by atoms with Gasteiger partial charge in [0.1, 0.15) is 6.04 Å². The average molecular weight is 229 g/mol. The average Bonchev–Trinajstić information content (AvgIpc) is 2.26. The van der Waals surface area contributed by atoms with Crippen LogP contribution in [0.2, 0.25) is 0 Å². The molecule has 1 atom stereocenters. The summed E-state index contributed by atoms with van der Waals surface area (Å²) in [6.45, 7) is 2.59. The van der Waals surface area contributed by atoms with Crippen LogP contribution in [0, 0.1) is 0 Å². The van der Waals surface area contributed by atoms with E-state index in [1.807, 2.05) is 0 Å². The van der Waals surface area contributed by atoms with E-state index in [9.17, 15) is 9.90 Å². The van der Waals surface area contributed by atoms with Gasteiger partial charge in [0.2, 0.25) is 0 Å². The standard InChI is InChI=1S/C12H23NO3/c1-3-4-6-10(11(14)16-2)13-9-12(15)7-5-8-12/h10,13,15H,3-9H2,1-2H3. The first-order valence-electron chi connectivity index (χ1n) is 6.15. The Bertz CT molecular complexity index is 226. The monoisotopic (exact) mass is 229 g/mol. The summed E-state index contributed by atoms with van der Waals surface area (Å²) in [4.78, 5) is 11.5. The van der Waals surface area contributed by atoms with E-state index in [4.69, 9.17) is 4.74 Å². The molecule has 0 heterocycles. The number of hydrogen-bond acceptors (Lipinski definition) is 4.